The van der Waals surface area contributed by atoms with E-state index < -0.39 is 6.04 Å². The first-order chi connectivity index (χ1) is 17.0. The molecule has 6 nitrogen and oxygen atoms in total. The van der Waals surface area contributed by atoms with E-state index in [1.54, 1.807) is 37.3 Å². The molecule has 1 unspecified atom stereocenters. The maximum Gasteiger partial charge on any atom is 0.290 e. The van der Waals surface area contributed by atoms with Crippen molar-refractivity contribution in [2.24, 2.45) is 0 Å². The fourth-order valence-corrected chi connectivity index (χ4v) is 4.77. The number of nitrogens with zero attached hydrogens (tertiary/aromatic N) is 1. The van der Waals surface area contributed by atoms with Crippen molar-refractivity contribution < 1.29 is 18.7 Å². The number of ether oxygens (including phenoxy) is 2. The van der Waals surface area contributed by atoms with Crippen molar-refractivity contribution in [3.05, 3.63) is 105 Å². The molecule has 0 radical (unpaired) electrons. The minimum absolute atomic E-state index is 0.130. The van der Waals surface area contributed by atoms with Crippen LogP contribution in [0, 0.1) is 0 Å². The molecule has 0 spiro atoms. The zero-order chi connectivity index (χ0) is 24.5. The van der Waals surface area contributed by atoms with Crippen LogP contribution < -0.4 is 14.9 Å². The highest BCUT2D eigenvalue weighted by Crippen LogP contribution is 2.38. The van der Waals surface area contributed by atoms with Crippen molar-refractivity contribution in [3.8, 4) is 11.5 Å². The quantitative estimate of drug-likeness (QED) is 0.374. The van der Waals surface area contributed by atoms with Gasteiger partial charge in [0.2, 0.25) is 5.76 Å². The van der Waals surface area contributed by atoms with E-state index in [9.17, 15) is 9.59 Å². The van der Waals surface area contributed by atoms with E-state index in [2.05, 4.69) is 6.92 Å². The molecular weight excluding hydrogens is 442 g/mol. The number of methoxy groups -OCH3 is 2. The number of fused-ring (bicyclic) bond motifs is 2. The predicted octanol–water partition coefficient (Wildman–Crippen LogP) is 5.16. The third kappa shape index (κ3) is 3.95. The molecule has 1 aliphatic rings. The number of hydrogen-bond donors (Lipinski definition) is 0. The van der Waals surface area contributed by atoms with Gasteiger partial charge < -0.3 is 18.8 Å². The number of aryl methyl sites for hydroxylation is 1. The number of hydrogen-bond acceptors (Lipinski definition) is 5. The molecule has 1 amide bonds. The molecule has 0 saturated carbocycles. The molecular formula is C29H27NO5. The van der Waals surface area contributed by atoms with Crippen molar-refractivity contribution in [3.63, 3.8) is 0 Å². The van der Waals surface area contributed by atoms with Crippen molar-refractivity contribution in [2.45, 2.75) is 25.8 Å². The molecule has 1 aliphatic heterocycles. The Morgan fingerprint density at radius 2 is 1.60 bits per heavy atom. The molecule has 5 rings (SSSR count). The molecule has 35 heavy (non-hydrogen) atoms. The zero-order valence-electron chi connectivity index (χ0n) is 20.0. The molecule has 6 heteroatoms. The van der Waals surface area contributed by atoms with Gasteiger partial charge in [0.25, 0.3) is 5.91 Å². The third-order valence-corrected chi connectivity index (χ3v) is 6.67. The molecule has 0 aliphatic carbocycles. The lowest BCUT2D eigenvalue weighted by atomic mass is 9.97. The first-order valence-corrected chi connectivity index (χ1v) is 11.7. The Morgan fingerprint density at radius 3 is 2.31 bits per heavy atom. The van der Waals surface area contributed by atoms with E-state index in [1.165, 1.54) is 5.56 Å². The van der Waals surface area contributed by atoms with Crippen molar-refractivity contribution in [2.75, 3.05) is 20.8 Å². The summed E-state index contributed by atoms with van der Waals surface area (Å²) in [5.41, 5.74) is 3.76. The molecule has 0 bridgehead atoms. The lowest BCUT2D eigenvalue weighted by Crippen LogP contribution is -2.31. The number of carbonyl (C=O) groups is 1. The molecule has 0 fully saturated rings. The summed E-state index contributed by atoms with van der Waals surface area (Å²) in [6.07, 6.45) is 1.49. The Morgan fingerprint density at radius 1 is 0.886 bits per heavy atom. The van der Waals surface area contributed by atoms with Crippen LogP contribution in [0.1, 0.15) is 45.8 Å². The Hall–Kier alpha value is -4.06. The summed E-state index contributed by atoms with van der Waals surface area (Å²) < 4.78 is 16.8. The Labute approximate surface area is 203 Å². The van der Waals surface area contributed by atoms with Gasteiger partial charge in [-0.25, -0.2) is 0 Å². The van der Waals surface area contributed by atoms with Crippen LogP contribution >= 0.6 is 0 Å². The van der Waals surface area contributed by atoms with E-state index in [-0.39, 0.29) is 17.1 Å². The van der Waals surface area contributed by atoms with Gasteiger partial charge in [-0.3, -0.25) is 9.59 Å². The highest BCUT2D eigenvalue weighted by Gasteiger charge is 2.42. The normalized spacial score (nSPS) is 14.9. The first-order valence-electron chi connectivity index (χ1n) is 11.7. The topological polar surface area (TPSA) is 69.0 Å². The van der Waals surface area contributed by atoms with E-state index in [1.807, 2.05) is 48.5 Å². The van der Waals surface area contributed by atoms with Gasteiger partial charge in [-0.1, -0.05) is 49.4 Å². The van der Waals surface area contributed by atoms with E-state index in [0.29, 0.717) is 41.0 Å². The Kier molecular flexibility index (Phi) is 6.03. The van der Waals surface area contributed by atoms with Gasteiger partial charge in [0.15, 0.2) is 16.9 Å². The third-order valence-electron chi connectivity index (χ3n) is 6.67. The van der Waals surface area contributed by atoms with Gasteiger partial charge in [-0.05, 0) is 53.8 Å². The second-order valence-electron chi connectivity index (χ2n) is 8.61. The fraction of sp³-hybridized carbons (Fsp3) is 0.241. The van der Waals surface area contributed by atoms with Crippen LogP contribution in [0.2, 0.25) is 0 Å². The molecule has 0 N–H and O–H groups in total. The number of rotatable bonds is 7. The Bertz CT molecular complexity index is 1450. The van der Waals surface area contributed by atoms with Gasteiger partial charge in [0.05, 0.1) is 31.2 Å². The average Bonchev–Trinajstić information content (AvgIpc) is 3.18. The van der Waals surface area contributed by atoms with Gasteiger partial charge >= 0.3 is 0 Å². The van der Waals surface area contributed by atoms with Crippen LogP contribution in [0.4, 0.5) is 0 Å². The van der Waals surface area contributed by atoms with Gasteiger partial charge in [-0.2, -0.15) is 0 Å². The minimum Gasteiger partial charge on any atom is -0.493 e. The van der Waals surface area contributed by atoms with Crippen LogP contribution in [0.25, 0.3) is 11.0 Å². The summed E-state index contributed by atoms with van der Waals surface area (Å²) in [5, 5.41) is 0.482. The zero-order valence-corrected chi connectivity index (χ0v) is 20.0. The number of carbonyl (C=O) groups excluding carboxylic acids is 1. The second-order valence-corrected chi connectivity index (χ2v) is 8.61. The minimum atomic E-state index is -0.510. The largest absolute Gasteiger partial charge is 0.493 e. The lowest BCUT2D eigenvalue weighted by Gasteiger charge is -2.25. The fourth-order valence-electron chi connectivity index (χ4n) is 4.77. The van der Waals surface area contributed by atoms with Crippen molar-refractivity contribution in [1.29, 1.82) is 0 Å². The highest BCUT2D eigenvalue weighted by molar-refractivity contribution is 5.99. The van der Waals surface area contributed by atoms with Crippen LogP contribution in [0.15, 0.2) is 75.9 Å². The number of amides is 1. The summed E-state index contributed by atoms with van der Waals surface area (Å²) in [6.45, 7) is 2.51. The number of benzene rings is 3. The average molecular weight is 470 g/mol. The van der Waals surface area contributed by atoms with Crippen LogP contribution in [-0.2, 0) is 12.8 Å². The van der Waals surface area contributed by atoms with Crippen LogP contribution in [0.5, 0.6) is 11.5 Å². The summed E-state index contributed by atoms with van der Waals surface area (Å²) in [6, 6.07) is 20.4. The highest BCUT2D eigenvalue weighted by atomic mass is 16.5. The molecule has 3 aromatic carbocycles. The molecule has 1 atom stereocenters. The summed E-state index contributed by atoms with van der Waals surface area (Å²) in [5.74, 6) is 1.14. The summed E-state index contributed by atoms with van der Waals surface area (Å²) in [7, 11) is 3.19. The second kappa shape index (κ2) is 9.29. The molecule has 1 aromatic heterocycles. The van der Waals surface area contributed by atoms with E-state index in [0.717, 1.165) is 17.5 Å². The van der Waals surface area contributed by atoms with Gasteiger partial charge in [0.1, 0.15) is 5.58 Å². The molecule has 4 aromatic rings. The van der Waals surface area contributed by atoms with Crippen LogP contribution in [-0.4, -0.2) is 31.6 Å². The maximum atomic E-state index is 13.6. The summed E-state index contributed by atoms with van der Waals surface area (Å²) in [4.78, 5) is 28.9. The van der Waals surface area contributed by atoms with E-state index >= 15 is 0 Å². The smallest absolute Gasteiger partial charge is 0.290 e. The van der Waals surface area contributed by atoms with Crippen molar-refractivity contribution in [1.82, 2.24) is 4.90 Å². The molecule has 0 saturated heterocycles. The standard InChI is InChI=1S/C29H27NO5/c1-4-18-9-12-20(13-10-18)26-25-27(31)21-7-5-6-8-22(21)35-28(25)29(32)30(26)16-15-19-11-14-23(33-2)24(17-19)34-3/h5-14,17,26H,4,15-16H2,1-3H3. The number of para-hydroxylation sites is 1. The molecule has 2 heterocycles. The first kappa shape index (κ1) is 22.7. The summed E-state index contributed by atoms with van der Waals surface area (Å²) >= 11 is 0. The molecule has 178 valence electrons. The van der Waals surface area contributed by atoms with E-state index in [4.69, 9.17) is 13.9 Å². The van der Waals surface area contributed by atoms with Gasteiger partial charge in [0, 0.05) is 6.54 Å². The van der Waals surface area contributed by atoms with Crippen LogP contribution in [0.3, 0.4) is 0 Å². The predicted molar refractivity (Wildman–Crippen MR) is 134 cm³/mol. The Balaban J connectivity index is 1.57. The van der Waals surface area contributed by atoms with Gasteiger partial charge in [-0.15, -0.1) is 0 Å². The lowest BCUT2D eigenvalue weighted by molar-refractivity contribution is 0.0730. The maximum absolute atomic E-state index is 13.6. The monoisotopic (exact) mass is 469 g/mol. The van der Waals surface area contributed by atoms with Crippen molar-refractivity contribution >= 4 is 16.9 Å². The SMILES string of the molecule is CCc1ccc(C2c3c(oc4ccccc4c3=O)C(=O)N2CCc2ccc(OC)c(OC)c2)cc1.